The minimum atomic E-state index is -0.355. The van der Waals surface area contributed by atoms with Gasteiger partial charge in [-0.1, -0.05) is 60.7 Å². The molecule has 1 atom stereocenters. The molecule has 0 fully saturated rings. The second-order valence-electron chi connectivity index (χ2n) is 7.27. The van der Waals surface area contributed by atoms with Gasteiger partial charge in [0.25, 0.3) is 0 Å². The predicted molar refractivity (Wildman–Crippen MR) is 125 cm³/mol. The Morgan fingerprint density at radius 3 is 2.65 bits per heavy atom. The number of carbonyl (C=O) groups excluding carboxylic acids is 2. The number of anilines is 1. The monoisotopic (exact) mass is 429 g/mol. The molecule has 1 aromatic heterocycles. The van der Waals surface area contributed by atoms with E-state index in [2.05, 4.69) is 6.58 Å². The van der Waals surface area contributed by atoms with Crippen molar-refractivity contribution >= 4 is 34.4 Å². The highest BCUT2D eigenvalue weighted by molar-refractivity contribution is 7.14. The van der Waals surface area contributed by atoms with E-state index in [-0.39, 0.29) is 24.3 Å². The van der Waals surface area contributed by atoms with Crippen LogP contribution in [0, 0.1) is 0 Å². The summed E-state index contributed by atoms with van der Waals surface area (Å²) in [6.45, 7) is 5.68. The lowest BCUT2D eigenvalue weighted by Crippen LogP contribution is -2.37. The van der Waals surface area contributed by atoms with Gasteiger partial charge in [0.2, 0.25) is 11.8 Å². The van der Waals surface area contributed by atoms with Gasteiger partial charge in [-0.25, -0.2) is 4.98 Å². The number of hydrogen-bond acceptors (Lipinski definition) is 4. The molecule has 156 valence electrons. The molecule has 1 aliphatic rings. The molecule has 1 aliphatic heterocycles. The predicted octanol–water partition coefficient (Wildman–Crippen LogP) is 5.29. The van der Waals surface area contributed by atoms with Crippen molar-refractivity contribution in [3.8, 4) is 11.3 Å². The summed E-state index contributed by atoms with van der Waals surface area (Å²) in [5.41, 5.74) is 3.83. The van der Waals surface area contributed by atoms with E-state index in [9.17, 15) is 9.59 Å². The summed E-state index contributed by atoms with van der Waals surface area (Å²) in [4.78, 5) is 33.6. The van der Waals surface area contributed by atoms with Gasteiger partial charge >= 0.3 is 0 Å². The van der Waals surface area contributed by atoms with Crippen LogP contribution >= 0.6 is 11.3 Å². The van der Waals surface area contributed by atoms with Crippen LogP contribution in [0.25, 0.3) is 17.3 Å². The number of carbonyl (C=O) groups is 2. The largest absolute Gasteiger partial charge is 0.311 e. The highest BCUT2D eigenvalue weighted by Gasteiger charge is 2.30. The van der Waals surface area contributed by atoms with E-state index in [1.54, 1.807) is 22.1 Å². The van der Waals surface area contributed by atoms with Crippen molar-refractivity contribution in [1.29, 1.82) is 0 Å². The Labute approximate surface area is 186 Å². The molecule has 0 bridgehead atoms. The maximum Gasteiger partial charge on any atom is 0.231 e. The Morgan fingerprint density at radius 2 is 1.90 bits per heavy atom. The van der Waals surface area contributed by atoms with Crippen molar-refractivity contribution < 1.29 is 9.59 Å². The van der Waals surface area contributed by atoms with Gasteiger partial charge in [0.15, 0.2) is 5.13 Å². The van der Waals surface area contributed by atoms with E-state index in [0.717, 1.165) is 22.4 Å². The van der Waals surface area contributed by atoms with E-state index in [0.29, 0.717) is 11.7 Å². The summed E-state index contributed by atoms with van der Waals surface area (Å²) in [6, 6.07) is 17.4. The summed E-state index contributed by atoms with van der Waals surface area (Å²) in [5, 5.41) is 2.58. The average Bonchev–Trinajstić information content (AvgIpc) is 3.28. The Bertz CT molecular complexity index is 1140. The molecule has 0 radical (unpaired) electrons. The van der Waals surface area contributed by atoms with E-state index in [1.807, 2.05) is 66.1 Å². The summed E-state index contributed by atoms with van der Waals surface area (Å²) in [6.07, 6.45) is 5.53. The summed E-state index contributed by atoms with van der Waals surface area (Å²) in [7, 11) is 0. The maximum absolute atomic E-state index is 13.4. The third-order valence-corrected chi connectivity index (χ3v) is 6.11. The molecule has 0 saturated carbocycles. The van der Waals surface area contributed by atoms with Crippen LogP contribution in [-0.4, -0.2) is 28.2 Å². The van der Waals surface area contributed by atoms with Gasteiger partial charge < -0.3 is 4.90 Å². The van der Waals surface area contributed by atoms with Crippen LogP contribution in [0.3, 0.4) is 0 Å². The van der Waals surface area contributed by atoms with Crippen LogP contribution in [0.2, 0.25) is 0 Å². The first-order chi connectivity index (χ1) is 15.1. The molecular formula is C25H23N3O2S. The van der Waals surface area contributed by atoms with Crippen molar-refractivity contribution in [2.45, 2.75) is 19.4 Å². The van der Waals surface area contributed by atoms with E-state index in [1.165, 1.54) is 18.3 Å². The first-order valence-electron chi connectivity index (χ1n) is 10.1. The first kappa shape index (κ1) is 20.8. The molecule has 4 rings (SSSR count). The molecular weight excluding hydrogens is 406 g/mol. The molecule has 31 heavy (non-hydrogen) atoms. The number of amides is 2. The maximum atomic E-state index is 13.4. The van der Waals surface area contributed by atoms with Gasteiger partial charge in [-0.05, 0) is 17.2 Å². The summed E-state index contributed by atoms with van der Waals surface area (Å²) in [5.74, 6) is -0.199. The van der Waals surface area contributed by atoms with Gasteiger partial charge in [0.1, 0.15) is 0 Å². The smallest absolute Gasteiger partial charge is 0.231 e. The van der Waals surface area contributed by atoms with E-state index >= 15 is 0 Å². The fraction of sp³-hybridized carbons (Fsp3) is 0.160. The number of hydrogen-bond donors (Lipinski definition) is 0. The number of benzene rings is 2. The lowest BCUT2D eigenvalue weighted by atomic mass is 9.93. The normalized spacial score (nSPS) is 14.7. The standard InChI is InChI=1S/C25H23N3O2S/c1-3-14-28(25-26-22(17-31-25)20-10-5-4-6-11-20)24(30)16-23-21-12-8-7-9-19(21)13-15-27(23)18(2)29/h3-13,15,17,23H,1,14,16H2,2H3/t23-/m1/s1. The lowest BCUT2D eigenvalue weighted by molar-refractivity contribution is -0.129. The first-order valence-corrected chi connectivity index (χ1v) is 10.9. The molecule has 0 spiro atoms. The van der Waals surface area contributed by atoms with Gasteiger partial charge in [0, 0.05) is 30.6 Å². The van der Waals surface area contributed by atoms with Crippen LogP contribution in [0.15, 0.2) is 78.8 Å². The number of nitrogens with zero attached hydrogens (tertiary/aromatic N) is 3. The third kappa shape index (κ3) is 4.34. The van der Waals surface area contributed by atoms with Crippen molar-refractivity contribution in [3.63, 3.8) is 0 Å². The average molecular weight is 430 g/mol. The van der Waals surface area contributed by atoms with Crippen LogP contribution in [0.4, 0.5) is 5.13 Å². The fourth-order valence-corrected chi connectivity index (χ4v) is 4.59. The highest BCUT2D eigenvalue weighted by atomic mass is 32.1. The van der Waals surface area contributed by atoms with Gasteiger partial charge in [0.05, 0.1) is 18.2 Å². The molecule has 0 saturated heterocycles. The fourth-order valence-electron chi connectivity index (χ4n) is 3.73. The molecule has 0 aliphatic carbocycles. The Kier molecular flexibility index (Phi) is 6.09. The molecule has 0 N–H and O–H groups in total. The van der Waals surface area contributed by atoms with Crippen LogP contribution in [-0.2, 0) is 9.59 Å². The molecule has 3 aromatic rings. The Morgan fingerprint density at radius 1 is 1.16 bits per heavy atom. The second-order valence-corrected chi connectivity index (χ2v) is 8.10. The molecule has 2 amide bonds. The zero-order chi connectivity index (χ0) is 21.8. The Hall–Kier alpha value is -3.51. The molecule has 2 aromatic carbocycles. The van der Waals surface area contributed by atoms with Crippen molar-refractivity contribution in [1.82, 2.24) is 9.88 Å². The van der Waals surface area contributed by atoms with Gasteiger partial charge in [-0.3, -0.25) is 14.5 Å². The lowest BCUT2D eigenvalue weighted by Gasteiger charge is -2.33. The third-order valence-electron chi connectivity index (χ3n) is 5.24. The number of aromatic nitrogens is 1. The van der Waals surface area contributed by atoms with Crippen molar-refractivity contribution in [2.75, 3.05) is 11.4 Å². The number of fused-ring (bicyclic) bond motifs is 1. The highest BCUT2D eigenvalue weighted by Crippen LogP contribution is 2.34. The second kappa shape index (κ2) is 9.10. The Balaban J connectivity index is 1.62. The van der Waals surface area contributed by atoms with Gasteiger partial charge in [-0.15, -0.1) is 17.9 Å². The SMILES string of the molecule is C=CCN(C(=O)C[C@@H]1c2ccccc2C=CN1C(C)=O)c1nc(-c2ccccc2)cs1. The summed E-state index contributed by atoms with van der Waals surface area (Å²) >= 11 is 1.43. The molecule has 6 heteroatoms. The van der Waals surface area contributed by atoms with Crippen LogP contribution < -0.4 is 4.90 Å². The van der Waals surface area contributed by atoms with Crippen LogP contribution in [0.5, 0.6) is 0 Å². The molecule has 5 nitrogen and oxygen atoms in total. The number of thiazole rings is 1. The molecule has 0 unspecified atom stereocenters. The van der Waals surface area contributed by atoms with Gasteiger partial charge in [-0.2, -0.15) is 0 Å². The zero-order valence-electron chi connectivity index (χ0n) is 17.3. The minimum Gasteiger partial charge on any atom is -0.311 e. The summed E-state index contributed by atoms with van der Waals surface area (Å²) < 4.78 is 0. The van der Waals surface area contributed by atoms with E-state index < -0.39 is 0 Å². The van der Waals surface area contributed by atoms with Crippen LogP contribution in [0.1, 0.15) is 30.5 Å². The van der Waals surface area contributed by atoms with Crippen molar-refractivity contribution in [3.05, 3.63) is 90.0 Å². The van der Waals surface area contributed by atoms with Crippen molar-refractivity contribution in [2.24, 2.45) is 0 Å². The van der Waals surface area contributed by atoms with E-state index in [4.69, 9.17) is 4.98 Å². The minimum absolute atomic E-state index is 0.0977. The molecule has 2 heterocycles. The quantitative estimate of drug-likeness (QED) is 0.500. The topological polar surface area (TPSA) is 53.5 Å². The number of rotatable bonds is 6. The zero-order valence-corrected chi connectivity index (χ0v) is 18.1.